The van der Waals surface area contributed by atoms with Crippen LogP contribution in [0.2, 0.25) is 0 Å². The highest BCUT2D eigenvalue weighted by molar-refractivity contribution is 5.81. The summed E-state index contributed by atoms with van der Waals surface area (Å²) in [5.74, 6) is 1.06. The number of benzene rings is 1. The molecule has 0 bridgehead atoms. The number of hydrogen-bond donors (Lipinski definition) is 1. The first-order valence-electron chi connectivity index (χ1n) is 7.46. The summed E-state index contributed by atoms with van der Waals surface area (Å²) >= 11 is 0. The molecule has 1 aliphatic heterocycles. The Morgan fingerprint density at radius 1 is 1.33 bits per heavy atom. The number of aromatic nitrogens is 2. The predicted molar refractivity (Wildman–Crippen MR) is 79.4 cm³/mol. The largest absolute Gasteiger partial charge is 0.481 e. The molecule has 1 saturated heterocycles. The van der Waals surface area contributed by atoms with Crippen molar-refractivity contribution in [1.82, 2.24) is 14.9 Å². The summed E-state index contributed by atoms with van der Waals surface area (Å²) < 4.78 is 43.0. The lowest BCUT2D eigenvalue weighted by molar-refractivity contribution is -0.142. The molecule has 1 amide bonds. The van der Waals surface area contributed by atoms with Gasteiger partial charge in [-0.15, -0.1) is 0 Å². The number of H-pyrrole nitrogens is 1. The lowest BCUT2D eigenvalue weighted by atomic mass is 9.99. The maximum absolute atomic E-state index is 12.5. The highest BCUT2D eigenvalue weighted by Crippen LogP contribution is 2.31. The fraction of sp³-hybridized carbons (Fsp3) is 0.375. The summed E-state index contributed by atoms with van der Waals surface area (Å²) in [6.07, 6.45) is -1.76. The zero-order chi connectivity index (χ0) is 17.3. The Balaban J connectivity index is 1.53. The van der Waals surface area contributed by atoms with Crippen LogP contribution >= 0.6 is 0 Å². The van der Waals surface area contributed by atoms with Crippen molar-refractivity contribution in [2.24, 2.45) is 0 Å². The van der Waals surface area contributed by atoms with Crippen molar-refractivity contribution in [3.63, 3.8) is 0 Å². The molecule has 1 aromatic carbocycles. The highest BCUT2D eigenvalue weighted by Gasteiger charge is 2.36. The molecule has 0 aliphatic carbocycles. The van der Waals surface area contributed by atoms with Crippen LogP contribution in [0.25, 0.3) is 0 Å². The fourth-order valence-corrected chi connectivity index (χ4v) is 2.57. The Kier molecular flexibility index (Phi) is 4.21. The second-order valence-electron chi connectivity index (χ2n) is 5.70. The van der Waals surface area contributed by atoms with E-state index in [4.69, 9.17) is 4.74 Å². The number of nitrogens with one attached hydrogen (secondary N) is 1. The quantitative estimate of drug-likeness (QED) is 0.932. The molecule has 2 heterocycles. The Morgan fingerprint density at radius 3 is 2.54 bits per heavy atom. The van der Waals surface area contributed by atoms with Gasteiger partial charge in [0, 0.05) is 25.5 Å². The standard InChI is InChI=1S/C16H16F3N3O2/c1-10(24-13-4-2-12(3-5-13)16(17,18)19)15(23)22-8-11(9-22)14-20-6-7-21-14/h2-7,10-11H,8-9H2,1H3,(H,20,21). The van der Waals surface area contributed by atoms with Gasteiger partial charge in [-0.05, 0) is 31.2 Å². The van der Waals surface area contributed by atoms with Gasteiger partial charge in [0.2, 0.25) is 0 Å². The average molecular weight is 339 g/mol. The normalized spacial score (nSPS) is 16.6. The molecular weight excluding hydrogens is 323 g/mol. The van der Waals surface area contributed by atoms with Crippen molar-refractivity contribution >= 4 is 5.91 Å². The molecule has 0 saturated carbocycles. The van der Waals surface area contributed by atoms with E-state index in [1.807, 2.05) is 0 Å². The van der Waals surface area contributed by atoms with Crippen LogP contribution in [0.1, 0.15) is 24.2 Å². The molecule has 0 spiro atoms. The van der Waals surface area contributed by atoms with E-state index in [2.05, 4.69) is 9.97 Å². The molecule has 24 heavy (non-hydrogen) atoms. The van der Waals surface area contributed by atoms with E-state index in [1.54, 1.807) is 24.2 Å². The molecule has 1 aliphatic rings. The van der Waals surface area contributed by atoms with Gasteiger partial charge >= 0.3 is 6.18 Å². The number of likely N-dealkylation sites (tertiary alicyclic amines) is 1. The number of amides is 1. The number of halogens is 3. The topological polar surface area (TPSA) is 58.2 Å². The number of imidazole rings is 1. The monoisotopic (exact) mass is 339 g/mol. The van der Waals surface area contributed by atoms with E-state index in [0.717, 1.165) is 18.0 Å². The van der Waals surface area contributed by atoms with Gasteiger partial charge < -0.3 is 14.6 Å². The van der Waals surface area contributed by atoms with Crippen molar-refractivity contribution in [2.75, 3.05) is 13.1 Å². The van der Waals surface area contributed by atoms with Gasteiger partial charge in [-0.1, -0.05) is 0 Å². The summed E-state index contributed by atoms with van der Waals surface area (Å²) in [6, 6.07) is 4.30. The smallest absolute Gasteiger partial charge is 0.416 e. The maximum atomic E-state index is 12.5. The number of carbonyl (C=O) groups is 1. The lowest BCUT2D eigenvalue weighted by Crippen LogP contribution is -2.52. The summed E-state index contributed by atoms with van der Waals surface area (Å²) in [7, 11) is 0. The van der Waals surface area contributed by atoms with Crippen LogP contribution in [0.15, 0.2) is 36.7 Å². The number of alkyl halides is 3. The van der Waals surface area contributed by atoms with Gasteiger partial charge in [0.05, 0.1) is 11.5 Å². The Hall–Kier alpha value is -2.51. The van der Waals surface area contributed by atoms with E-state index >= 15 is 0 Å². The molecule has 1 unspecified atom stereocenters. The van der Waals surface area contributed by atoms with E-state index in [9.17, 15) is 18.0 Å². The Labute approximate surface area is 136 Å². The van der Waals surface area contributed by atoms with Crippen molar-refractivity contribution in [2.45, 2.75) is 25.1 Å². The summed E-state index contributed by atoms with van der Waals surface area (Å²) in [6.45, 7) is 2.68. The minimum Gasteiger partial charge on any atom is -0.481 e. The maximum Gasteiger partial charge on any atom is 0.416 e. The zero-order valence-electron chi connectivity index (χ0n) is 12.9. The number of hydrogen-bond acceptors (Lipinski definition) is 3. The number of carbonyl (C=O) groups excluding carboxylic acids is 1. The van der Waals surface area contributed by atoms with Crippen LogP contribution in [0.3, 0.4) is 0 Å². The molecule has 0 radical (unpaired) electrons. The van der Waals surface area contributed by atoms with Gasteiger partial charge in [0.15, 0.2) is 6.10 Å². The molecule has 2 aromatic rings. The molecule has 3 rings (SSSR count). The third-order valence-electron chi connectivity index (χ3n) is 3.94. The lowest BCUT2D eigenvalue weighted by Gasteiger charge is -2.39. The first-order valence-corrected chi connectivity index (χ1v) is 7.46. The fourth-order valence-electron chi connectivity index (χ4n) is 2.57. The van der Waals surface area contributed by atoms with Gasteiger partial charge in [-0.3, -0.25) is 4.79 Å². The van der Waals surface area contributed by atoms with Crippen LogP contribution in [0, 0.1) is 0 Å². The molecular formula is C16H16F3N3O2. The minimum absolute atomic E-state index is 0.183. The van der Waals surface area contributed by atoms with Crippen LogP contribution in [0.4, 0.5) is 13.2 Å². The molecule has 5 nitrogen and oxygen atoms in total. The second kappa shape index (κ2) is 6.18. The van der Waals surface area contributed by atoms with Gasteiger partial charge in [0.25, 0.3) is 5.91 Å². The number of aromatic amines is 1. The van der Waals surface area contributed by atoms with Crippen molar-refractivity contribution < 1.29 is 22.7 Å². The average Bonchev–Trinajstić information content (AvgIpc) is 2.99. The highest BCUT2D eigenvalue weighted by atomic mass is 19.4. The molecule has 1 aromatic heterocycles. The van der Waals surface area contributed by atoms with Crippen LogP contribution in [0.5, 0.6) is 5.75 Å². The summed E-state index contributed by atoms with van der Waals surface area (Å²) in [5, 5.41) is 0. The number of ether oxygens (including phenoxy) is 1. The summed E-state index contributed by atoms with van der Waals surface area (Å²) in [4.78, 5) is 21.1. The molecule has 1 atom stereocenters. The molecule has 8 heteroatoms. The van der Waals surface area contributed by atoms with Crippen LogP contribution in [-0.2, 0) is 11.0 Å². The number of nitrogens with zero attached hydrogens (tertiary/aromatic N) is 2. The Morgan fingerprint density at radius 2 is 2.00 bits per heavy atom. The van der Waals surface area contributed by atoms with Crippen molar-refractivity contribution in [3.8, 4) is 5.75 Å². The Bertz CT molecular complexity index is 692. The van der Waals surface area contributed by atoms with E-state index in [1.165, 1.54) is 12.1 Å². The third-order valence-corrected chi connectivity index (χ3v) is 3.94. The molecule has 128 valence electrons. The third kappa shape index (κ3) is 3.37. The molecule has 1 fully saturated rings. The first kappa shape index (κ1) is 16.4. The van der Waals surface area contributed by atoms with Gasteiger partial charge in [-0.25, -0.2) is 4.98 Å². The minimum atomic E-state index is -4.39. The van der Waals surface area contributed by atoms with Gasteiger partial charge in [-0.2, -0.15) is 13.2 Å². The predicted octanol–water partition coefficient (Wildman–Crippen LogP) is 2.82. The van der Waals surface area contributed by atoms with Crippen molar-refractivity contribution in [1.29, 1.82) is 0 Å². The van der Waals surface area contributed by atoms with Crippen molar-refractivity contribution in [3.05, 3.63) is 48.0 Å². The van der Waals surface area contributed by atoms with Gasteiger partial charge in [0.1, 0.15) is 11.6 Å². The van der Waals surface area contributed by atoms with Crippen LogP contribution in [-0.4, -0.2) is 40.0 Å². The first-order chi connectivity index (χ1) is 11.3. The van der Waals surface area contributed by atoms with Crippen LogP contribution < -0.4 is 4.74 Å². The van der Waals surface area contributed by atoms with E-state index in [0.29, 0.717) is 13.1 Å². The second-order valence-corrected chi connectivity index (χ2v) is 5.70. The number of rotatable bonds is 4. The summed E-state index contributed by atoms with van der Waals surface area (Å²) in [5.41, 5.74) is -0.752. The van der Waals surface area contributed by atoms with E-state index in [-0.39, 0.29) is 17.6 Å². The molecule has 1 N–H and O–H groups in total. The SMILES string of the molecule is CC(Oc1ccc(C(F)(F)F)cc1)C(=O)N1CC(c2ncc[nH]2)C1. The van der Waals surface area contributed by atoms with E-state index < -0.39 is 17.8 Å². The zero-order valence-corrected chi connectivity index (χ0v) is 12.9.